The van der Waals surface area contributed by atoms with Gasteiger partial charge in [0.25, 0.3) is 5.91 Å². The number of amides is 1. The normalized spacial score (nSPS) is 10.2. The molecule has 0 aliphatic rings. The van der Waals surface area contributed by atoms with E-state index >= 15 is 0 Å². The first-order chi connectivity index (χ1) is 8.97. The Hall–Kier alpha value is -2.34. The summed E-state index contributed by atoms with van der Waals surface area (Å²) >= 11 is 1.35. The highest BCUT2D eigenvalue weighted by Gasteiger charge is 2.14. The number of nitrogens with one attached hydrogen (secondary N) is 1. The molecular weight excluding hydrogens is 264 g/mol. The molecule has 1 aromatic heterocycles. The Labute approximate surface area is 113 Å². The predicted octanol–water partition coefficient (Wildman–Crippen LogP) is 2.59. The lowest BCUT2D eigenvalue weighted by Gasteiger charge is -2.08. The largest absolute Gasteiger partial charge is 0.478 e. The van der Waals surface area contributed by atoms with Gasteiger partial charge < -0.3 is 16.2 Å². The zero-order valence-corrected chi connectivity index (χ0v) is 11.0. The van der Waals surface area contributed by atoms with Gasteiger partial charge in [0.15, 0.2) is 0 Å². The van der Waals surface area contributed by atoms with E-state index in [1.165, 1.54) is 23.5 Å². The second kappa shape index (κ2) is 5.11. The Kier molecular flexibility index (Phi) is 3.52. The van der Waals surface area contributed by atoms with E-state index in [0.717, 1.165) is 4.88 Å². The maximum atomic E-state index is 12.0. The first kappa shape index (κ1) is 13.1. The van der Waals surface area contributed by atoms with E-state index in [2.05, 4.69) is 5.32 Å². The molecule has 2 rings (SSSR count). The number of benzene rings is 1. The van der Waals surface area contributed by atoms with Gasteiger partial charge in [-0.05, 0) is 37.3 Å². The molecule has 6 heteroatoms. The molecule has 0 unspecified atom stereocenters. The number of hydrogen-bond donors (Lipinski definition) is 3. The van der Waals surface area contributed by atoms with Crippen LogP contribution in [0.2, 0.25) is 0 Å². The molecule has 0 aliphatic heterocycles. The molecule has 2 aromatic rings. The number of rotatable bonds is 3. The number of aromatic carboxylic acids is 1. The van der Waals surface area contributed by atoms with Crippen LogP contribution in [0.3, 0.4) is 0 Å². The summed E-state index contributed by atoms with van der Waals surface area (Å²) in [4.78, 5) is 24.6. The number of nitrogen functional groups attached to an aromatic ring is 1. The summed E-state index contributed by atoms with van der Waals surface area (Å²) in [5.41, 5.74) is 6.08. The number of carbonyl (C=O) groups excluding carboxylic acids is 1. The van der Waals surface area contributed by atoms with E-state index in [-0.39, 0.29) is 17.2 Å². The zero-order valence-electron chi connectivity index (χ0n) is 10.1. The Balaban J connectivity index is 2.28. The maximum Gasteiger partial charge on any atom is 0.337 e. The van der Waals surface area contributed by atoms with Crippen LogP contribution < -0.4 is 11.1 Å². The van der Waals surface area contributed by atoms with Crippen molar-refractivity contribution in [2.75, 3.05) is 11.1 Å². The van der Waals surface area contributed by atoms with Crippen molar-refractivity contribution in [3.8, 4) is 0 Å². The van der Waals surface area contributed by atoms with E-state index in [0.29, 0.717) is 10.6 Å². The SMILES string of the molecule is Cc1ccc(C(=O)Nc2ccc(N)cc2C(=O)O)s1. The molecular formula is C13H12N2O3S. The van der Waals surface area contributed by atoms with Gasteiger partial charge in [-0.1, -0.05) is 0 Å². The van der Waals surface area contributed by atoms with Gasteiger partial charge in [-0.2, -0.15) is 0 Å². The lowest BCUT2D eigenvalue weighted by molar-refractivity contribution is 0.0698. The predicted molar refractivity (Wildman–Crippen MR) is 74.8 cm³/mol. The topological polar surface area (TPSA) is 92.4 Å². The molecule has 0 spiro atoms. The number of carboxylic acids is 1. The van der Waals surface area contributed by atoms with Crippen LogP contribution in [-0.4, -0.2) is 17.0 Å². The molecule has 0 radical (unpaired) electrons. The van der Waals surface area contributed by atoms with Gasteiger partial charge in [0.1, 0.15) is 0 Å². The van der Waals surface area contributed by atoms with E-state index in [9.17, 15) is 9.59 Å². The molecule has 1 aromatic carbocycles. The number of carboxylic acid groups (broad SMARTS) is 1. The number of aryl methyl sites for hydroxylation is 1. The van der Waals surface area contributed by atoms with Gasteiger partial charge in [0.2, 0.25) is 0 Å². The third kappa shape index (κ3) is 2.92. The van der Waals surface area contributed by atoms with Crippen molar-refractivity contribution in [3.05, 3.63) is 45.6 Å². The summed E-state index contributed by atoms with van der Waals surface area (Å²) in [5.74, 6) is -1.46. The lowest BCUT2D eigenvalue weighted by Crippen LogP contribution is -2.13. The second-order valence-electron chi connectivity index (χ2n) is 3.97. The van der Waals surface area contributed by atoms with Gasteiger partial charge in [-0.25, -0.2) is 4.79 Å². The van der Waals surface area contributed by atoms with Gasteiger partial charge in [-0.3, -0.25) is 4.79 Å². The van der Waals surface area contributed by atoms with Gasteiger partial charge >= 0.3 is 5.97 Å². The van der Waals surface area contributed by atoms with Crippen LogP contribution in [0.1, 0.15) is 24.9 Å². The Morgan fingerprint density at radius 1 is 1.26 bits per heavy atom. The van der Waals surface area contributed by atoms with Crippen LogP contribution in [-0.2, 0) is 0 Å². The third-order valence-electron chi connectivity index (χ3n) is 2.49. The van der Waals surface area contributed by atoms with Crippen LogP contribution in [0.25, 0.3) is 0 Å². The van der Waals surface area contributed by atoms with E-state index in [1.54, 1.807) is 12.1 Å². The summed E-state index contributed by atoms with van der Waals surface area (Å²) in [6.07, 6.45) is 0. The molecule has 0 atom stereocenters. The highest BCUT2D eigenvalue weighted by Crippen LogP contribution is 2.21. The number of thiophene rings is 1. The average molecular weight is 276 g/mol. The number of carbonyl (C=O) groups is 2. The average Bonchev–Trinajstić information content (AvgIpc) is 2.78. The minimum absolute atomic E-state index is 0.0263. The molecule has 19 heavy (non-hydrogen) atoms. The van der Waals surface area contributed by atoms with Crippen molar-refractivity contribution in [2.45, 2.75) is 6.92 Å². The van der Waals surface area contributed by atoms with Crippen molar-refractivity contribution < 1.29 is 14.7 Å². The third-order valence-corrected chi connectivity index (χ3v) is 3.49. The Bertz CT molecular complexity index is 649. The molecule has 0 fully saturated rings. The number of nitrogens with two attached hydrogens (primary N) is 1. The van der Waals surface area contributed by atoms with Gasteiger partial charge in [0, 0.05) is 10.6 Å². The van der Waals surface area contributed by atoms with E-state index in [4.69, 9.17) is 10.8 Å². The van der Waals surface area contributed by atoms with Crippen molar-refractivity contribution in [3.63, 3.8) is 0 Å². The highest BCUT2D eigenvalue weighted by molar-refractivity contribution is 7.14. The Morgan fingerprint density at radius 3 is 2.58 bits per heavy atom. The standard InChI is InChI=1S/C13H12N2O3S/c1-7-2-5-11(19-7)12(16)15-10-4-3-8(14)6-9(10)13(17)18/h2-6H,14H2,1H3,(H,15,16)(H,17,18). The molecule has 0 saturated carbocycles. The number of hydrogen-bond acceptors (Lipinski definition) is 4. The summed E-state index contributed by atoms with van der Waals surface area (Å²) in [6.45, 7) is 1.90. The monoisotopic (exact) mass is 276 g/mol. The molecule has 5 nitrogen and oxygen atoms in total. The quantitative estimate of drug-likeness (QED) is 0.751. The van der Waals surface area contributed by atoms with Crippen LogP contribution in [0, 0.1) is 6.92 Å². The zero-order chi connectivity index (χ0) is 14.0. The highest BCUT2D eigenvalue weighted by atomic mass is 32.1. The first-order valence-corrected chi connectivity index (χ1v) is 6.29. The molecule has 1 heterocycles. The van der Waals surface area contributed by atoms with Crippen molar-refractivity contribution in [1.29, 1.82) is 0 Å². The summed E-state index contributed by atoms with van der Waals surface area (Å²) in [7, 11) is 0. The van der Waals surface area contributed by atoms with Crippen LogP contribution >= 0.6 is 11.3 Å². The summed E-state index contributed by atoms with van der Waals surface area (Å²) in [5, 5.41) is 11.7. The Morgan fingerprint density at radius 2 is 2.00 bits per heavy atom. The van der Waals surface area contributed by atoms with Gasteiger partial charge in [0.05, 0.1) is 16.1 Å². The molecule has 0 bridgehead atoms. The fourth-order valence-corrected chi connectivity index (χ4v) is 2.35. The lowest BCUT2D eigenvalue weighted by atomic mass is 10.1. The van der Waals surface area contributed by atoms with Crippen LogP contribution in [0.5, 0.6) is 0 Å². The smallest absolute Gasteiger partial charge is 0.337 e. The molecule has 0 saturated heterocycles. The van der Waals surface area contributed by atoms with Crippen molar-refractivity contribution >= 4 is 34.6 Å². The van der Waals surface area contributed by atoms with Crippen molar-refractivity contribution in [1.82, 2.24) is 0 Å². The second-order valence-corrected chi connectivity index (χ2v) is 5.26. The first-order valence-electron chi connectivity index (χ1n) is 5.48. The maximum absolute atomic E-state index is 12.0. The molecule has 0 aliphatic carbocycles. The summed E-state index contributed by atoms with van der Waals surface area (Å²) in [6, 6.07) is 7.88. The minimum Gasteiger partial charge on any atom is -0.478 e. The molecule has 1 amide bonds. The number of anilines is 2. The van der Waals surface area contributed by atoms with Gasteiger partial charge in [-0.15, -0.1) is 11.3 Å². The van der Waals surface area contributed by atoms with E-state index < -0.39 is 5.97 Å². The fourth-order valence-electron chi connectivity index (χ4n) is 1.59. The van der Waals surface area contributed by atoms with E-state index in [1.807, 2.05) is 13.0 Å². The summed E-state index contributed by atoms with van der Waals surface area (Å²) < 4.78 is 0. The molecule has 4 N–H and O–H groups in total. The molecule has 98 valence electrons. The minimum atomic E-state index is -1.13. The fraction of sp³-hybridized carbons (Fsp3) is 0.0769. The van der Waals surface area contributed by atoms with Crippen LogP contribution in [0.4, 0.5) is 11.4 Å². The van der Waals surface area contributed by atoms with Crippen molar-refractivity contribution in [2.24, 2.45) is 0 Å². The van der Waals surface area contributed by atoms with Crippen LogP contribution in [0.15, 0.2) is 30.3 Å².